The molecule has 3 rings (SSSR count). The standard InChI is InChI=1S/C13H14N4O3S/c1-16-7-9(14-15-16)12(18)17-5-3-10-8(4-6-21-10)11(17)13(19)20-2/h4,6-7,11H,3,5H2,1-2H3. The maximum Gasteiger partial charge on any atom is 0.333 e. The number of fused-ring (bicyclic) bond motifs is 1. The van der Waals surface area contributed by atoms with Gasteiger partial charge in [-0.2, -0.15) is 0 Å². The molecule has 1 atom stereocenters. The minimum Gasteiger partial charge on any atom is -0.467 e. The molecule has 2 aromatic heterocycles. The summed E-state index contributed by atoms with van der Waals surface area (Å²) >= 11 is 1.59. The first-order chi connectivity index (χ1) is 10.1. The molecule has 1 unspecified atom stereocenters. The summed E-state index contributed by atoms with van der Waals surface area (Å²) in [7, 11) is 3.02. The Kier molecular flexibility index (Phi) is 3.46. The van der Waals surface area contributed by atoms with Gasteiger partial charge in [-0.1, -0.05) is 5.21 Å². The molecule has 8 heteroatoms. The molecule has 2 aromatic rings. The molecule has 0 N–H and O–H groups in total. The number of hydrogen-bond donors (Lipinski definition) is 0. The van der Waals surface area contributed by atoms with Crippen molar-refractivity contribution >= 4 is 23.2 Å². The number of aromatic nitrogens is 3. The molecule has 1 aliphatic heterocycles. The zero-order valence-electron chi connectivity index (χ0n) is 11.6. The Morgan fingerprint density at radius 3 is 2.95 bits per heavy atom. The van der Waals surface area contributed by atoms with Gasteiger partial charge in [0.25, 0.3) is 5.91 Å². The first-order valence-electron chi connectivity index (χ1n) is 6.43. The van der Waals surface area contributed by atoms with Gasteiger partial charge in [-0.05, 0) is 23.4 Å². The summed E-state index contributed by atoms with van der Waals surface area (Å²) < 4.78 is 6.33. The predicted octanol–water partition coefficient (Wildman–Crippen LogP) is 0.789. The Morgan fingerprint density at radius 2 is 2.29 bits per heavy atom. The van der Waals surface area contributed by atoms with Crippen molar-refractivity contribution in [3.05, 3.63) is 33.8 Å². The third-order valence-corrected chi connectivity index (χ3v) is 4.47. The van der Waals surface area contributed by atoms with Gasteiger partial charge in [0.1, 0.15) is 0 Å². The molecule has 0 spiro atoms. The molecule has 0 aromatic carbocycles. The van der Waals surface area contributed by atoms with Gasteiger partial charge in [-0.15, -0.1) is 16.4 Å². The highest BCUT2D eigenvalue weighted by Crippen LogP contribution is 2.34. The molecule has 110 valence electrons. The Morgan fingerprint density at radius 1 is 1.48 bits per heavy atom. The number of nitrogens with zero attached hydrogens (tertiary/aromatic N) is 4. The molecular formula is C13H14N4O3S. The van der Waals surface area contributed by atoms with Crippen LogP contribution < -0.4 is 0 Å². The summed E-state index contributed by atoms with van der Waals surface area (Å²) in [6, 6.07) is 1.16. The number of thiophene rings is 1. The van der Waals surface area contributed by atoms with E-state index in [1.807, 2.05) is 11.4 Å². The van der Waals surface area contributed by atoms with E-state index in [1.165, 1.54) is 16.7 Å². The Labute approximate surface area is 125 Å². The van der Waals surface area contributed by atoms with Crippen LogP contribution in [0.3, 0.4) is 0 Å². The first kappa shape index (κ1) is 13.7. The topological polar surface area (TPSA) is 77.3 Å². The van der Waals surface area contributed by atoms with Crippen LogP contribution >= 0.6 is 11.3 Å². The number of rotatable bonds is 2. The predicted molar refractivity (Wildman–Crippen MR) is 74.8 cm³/mol. The summed E-state index contributed by atoms with van der Waals surface area (Å²) in [6.07, 6.45) is 2.27. The fraction of sp³-hybridized carbons (Fsp3) is 0.385. The van der Waals surface area contributed by atoms with Gasteiger partial charge in [0.2, 0.25) is 0 Å². The average Bonchev–Trinajstić information content (AvgIpc) is 3.13. The third-order valence-electron chi connectivity index (χ3n) is 3.47. The van der Waals surface area contributed by atoms with E-state index in [2.05, 4.69) is 10.3 Å². The van der Waals surface area contributed by atoms with E-state index in [9.17, 15) is 9.59 Å². The van der Waals surface area contributed by atoms with Gasteiger partial charge in [0.15, 0.2) is 11.7 Å². The van der Waals surface area contributed by atoms with Crippen LogP contribution in [0.1, 0.15) is 27.0 Å². The first-order valence-corrected chi connectivity index (χ1v) is 7.31. The zero-order valence-corrected chi connectivity index (χ0v) is 12.5. The normalized spacial score (nSPS) is 17.4. The van der Waals surface area contributed by atoms with Crippen LogP contribution in [0.15, 0.2) is 17.6 Å². The lowest BCUT2D eigenvalue weighted by atomic mass is 9.99. The van der Waals surface area contributed by atoms with Gasteiger partial charge in [0.05, 0.1) is 13.3 Å². The summed E-state index contributed by atoms with van der Waals surface area (Å²) in [5, 5.41) is 9.52. The number of carbonyl (C=O) groups is 2. The number of aryl methyl sites for hydroxylation is 1. The van der Waals surface area contributed by atoms with Gasteiger partial charge in [0, 0.05) is 18.5 Å². The number of carbonyl (C=O) groups excluding carboxylic acids is 2. The lowest BCUT2D eigenvalue weighted by molar-refractivity contribution is -0.146. The van der Waals surface area contributed by atoms with E-state index in [0.29, 0.717) is 6.54 Å². The molecule has 0 saturated carbocycles. The molecule has 1 aliphatic rings. The van der Waals surface area contributed by atoms with Gasteiger partial charge >= 0.3 is 5.97 Å². The van der Waals surface area contributed by atoms with Crippen LogP contribution in [-0.4, -0.2) is 45.4 Å². The molecule has 1 amide bonds. The molecule has 0 saturated heterocycles. The summed E-state index contributed by atoms with van der Waals surface area (Å²) in [6.45, 7) is 0.461. The van der Waals surface area contributed by atoms with Crippen LogP contribution in [-0.2, 0) is 23.0 Å². The van der Waals surface area contributed by atoms with Gasteiger partial charge < -0.3 is 9.64 Å². The van der Waals surface area contributed by atoms with Crippen LogP contribution in [0.4, 0.5) is 0 Å². The van der Waals surface area contributed by atoms with Crippen LogP contribution in [0.2, 0.25) is 0 Å². The molecule has 3 heterocycles. The van der Waals surface area contributed by atoms with E-state index in [0.717, 1.165) is 16.9 Å². The number of ether oxygens (including phenoxy) is 1. The van der Waals surface area contributed by atoms with Crippen molar-refractivity contribution in [3.63, 3.8) is 0 Å². The smallest absolute Gasteiger partial charge is 0.333 e. The Hall–Kier alpha value is -2.22. The summed E-state index contributed by atoms with van der Waals surface area (Å²) in [5.41, 5.74) is 1.07. The summed E-state index contributed by atoms with van der Waals surface area (Å²) in [4.78, 5) is 27.3. The monoisotopic (exact) mass is 306 g/mol. The lowest BCUT2D eigenvalue weighted by Crippen LogP contribution is -2.43. The molecule has 7 nitrogen and oxygen atoms in total. The van der Waals surface area contributed by atoms with Crippen molar-refractivity contribution in [2.75, 3.05) is 13.7 Å². The van der Waals surface area contributed by atoms with E-state index in [-0.39, 0.29) is 11.6 Å². The van der Waals surface area contributed by atoms with Crippen LogP contribution in [0.25, 0.3) is 0 Å². The molecule has 0 bridgehead atoms. The molecule has 0 radical (unpaired) electrons. The fourth-order valence-electron chi connectivity index (χ4n) is 2.49. The van der Waals surface area contributed by atoms with Crippen molar-refractivity contribution in [2.45, 2.75) is 12.5 Å². The maximum atomic E-state index is 12.6. The molecular weight excluding hydrogens is 292 g/mol. The maximum absolute atomic E-state index is 12.6. The third kappa shape index (κ3) is 2.31. The van der Waals surface area contributed by atoms with Crippen molar-refractivity contribution in [1.82, 2.24) is 19.9 Å². The van der Waals surface area contributed by atoms with E-state index in [1.54, 1.807) is 24.6 Å². The van der Waals surface area contributed by atoms with Gasteiger partial charge in [-0.3, -0.25) is 9.48 Å². The largest absolute Gasteiger partial charge is 0.467 e. The highest BCUT2D eigenvalue weighted by Gasteiger charge is 2.38. The zero-order chi connectivity index (χ0) is 15.0. The second kappa shape index (κ2) is 5.28. The minimum atomic E-state index is -0.709. The molecule has 0 fully saturated rings. The molecule has 21 heavy (non-hydrogen) atoms. The van der Waals surface area contributed by atoms with Crippen molar-refractivity contribution in [1.29, 1.82) is 0 Å². The van der Waals surface area contributed by atoms with Crippen LogP contribution in [0.5, 0.6) is 0 Å². The highest BCUT2D eigenvalue weighted by molar-refractivity contribution is 7.10. The van der Waals surface area contributed by atoms with Gasteiger partial charge in [-0.25, -0.2) is 4.79 Å². The van der Waals surface area contributed by atoms with E-state index in [4.69, 9.17) is 4.74 Å². The minimum absolute atomic E-state index is 0.227. The lowest BCUT2D eigenvalue weighted by Gasteiger charge is -2.33. The van der Waals surface area contributed by atoms with Crippen LogP contribution in [0, 0.1) is 0 Å². The molecule has 0 aliphatic carbocycles. The highest BCUT2D eigenvalue weighted by atomic mass is 32.1. The van der Waals surface area contributed by atoms with E-state index >= 15 is 0 Å². The Bertz CT molecular complexity index is 693. The van der Waals surface area contributed by atoms with Crippen molar-refractivity contribution in [3.8, 4) is 0 Å². The number of esters is 1. The SMILES string of the molecule is COC(=O)C1c2ccsc2CCN1C(=O)c1cn(C)nn1. The fourth-order valence-corrected chi connectivity index (χ4v) is 3.40. The number of amides is 1. The van der Waals surface area contributed by atoms with Crippen molar-refractivity contribution < 1.29 is 14.3 Å². The summed E-state index contributed by atoms with van der Waals surface area (Å²) in [5.74, 6) is -0.748. The number of hydrogen-bond acceptors (Lipinski definition) is 6. The van der Waals surface area contributed by atoms with E-state index < -0.39 is 12.0 Å². The second-order valence-electron chi connectivity index (χ2n) is 4.75. The second-order valence-corrected chi connectivity index (χ2v) is 5.75. The van der Waals surface area contributed by atoms with Crippen molar-refractivity contribution in [2.24, 2.45) is 7.05 Å². The number of methoxy groups -OCH3 is 1. The quantitative estimate of drug-likeness (QED) is 0.767. The average molecular weight is 306 g/mol. The Balaban J connectivity index is 1.97.